The van der Waals surface area contributed by atoms with Crippen LogP contribution in [-0.4, -0.2) is 35.9 Å². The Bertz CT molecular complexity index is 476. The third-order valence-corrected chi connectivity index (χ3v) is 8.68. The largest absolute Gasteiger partial charge is 0.474 e. The molecule has 0 aliphatic heterocycles. The Kier molecular flexibility index (Phi) is 6.24. The van der Waals surface area contributed by atoms with E-state index in [1.165, 1.54) is 0 Å². The molecule has 22 heavy (non-hydrogen) atoms. The molecule has 0 aliphatic carbocycles. The minimum absolute atomic E-state index is 0.0636. The van der Waals surface area contributed by atoms with Crippen LogP contribution in [0.4, 0.5) is 0 Å². The lowest BCUT2D eigenvalue weighted by Crippen LogP contribution is -2.41. The van der Waals surface area contributed by atoms with Gasteiger partial charge in [-0.05, 0) is 38.9 Å². The van der Waals surface area contributed by atoms with Crippen LogP contribution in [0, 0.1) is 0 Å². The second-order valence-corrected chi connectivity index (χ2v) is 12.4. The quantitative estimate of drug-likeness (QED) is 0.775. The van der Waals surface area contributed by atoms with Gasteiger partial charge in [0, 0.05) is 6.07 Å². The van der Waals surface area contributed by atoms with Crippen molar-refractivity contribution in [2.45, 2.75) is 78.4 Å². The summed E-state index contributed by atoms with van der Waals surface area (Å²) in [5.41, 5.74) is 0.759. The fourth-order valence-electron chi connectivity index (χ4n) is 1.82. The summed E-state index contributed by atoms with van der Waals surface area (Å²) in [6.45, 7) is 18.0. The molecule has 1 N–H and O–H groups in total. The molecule has 1 aromatic rings. The Morgan fingerprint density at radius 3 is 2.32 bits per heavy atom. The van der Waals surface area contributed by atoms with E-state index in [-0.39, 0.29) is 11.1 Å². The zero-order valence-electron chi connectivity index (χ0n) is 15.3. The third-order valence-electron chi connectivity index (χ3n) is 4.15. The van der Waals surface area contributed by atoms with Gasteiger partial charge in [-0.2, -0.15) is 0 Å². The van der Waals surface area contributed by atoms with E-state index in [9.17, 15) is 5.11 Å². The molecule has 0 amide bonds. The van der Waals surface area contributed by atoms with E-state index in [0.29, 0.717) is 19.0 Å². The Morgan fingerprint density at radius 2 is 1.86 bits per heavy atom. The van der Waals surface area contributed by atoms with Crippen molar-refractivity contribution < 1.29 is 14.3 Å². The van der Waals surface area contributed by atoms with Crippen LogP contribution in [-0.2, 0) is 11.0 Å². The molecule has 1 unspecified atom stereocenters. The lowest BCUT2D eigenvalue weighted by atomic mass is 10.2. The SMILES string of the molecule is CC(C)Oc1cc(C(C)O)n(CCO[Si](C)(C)C(C)(C)C)n1. The van der Waals surface area contributed by atoms with Crippen LogP contribution in [0.5, 0.6) is 5.88 Å². The summed E-state index contributed by atoms with van der Waals surface area (Å²) in [4.78, 5) is 0. The van der Waals surface area contributed by atoms with Gasteiger partial charge in [-0.3, -0.25) is 4.68 Å². The van der Waals surface area contributed by atoms with Gasteiger partial charge >= 0.3 is 0 Å². The van der Waals surface area contributed by atoms with Gasteiger partial charge in [-0.1, -0.05) is 20.8 Å². The summed E-state index contributed by atoms with van der Waals surface area (Å²) < 4.78 is 13.6. The van der Waals surface area contributed by atoms with Crippen molar-refractivity contribution in [2.24, 2.45) is 0 Å². The molecule has 128 valence electrons. The van der Waals surface area contributed by atoms with Crippen LogP contribution in [0.2, 0.25) is 18.1 Å². The second kappa shape index (κ2) is 7.15. The highest BCUT2D eigenvalue weighted by molar-refractivity contribution is 6.74. The molecule has 1 heterocycles. The Labute approximate surface area is 135 Å². The zero-order chi connectivity index (χ0) is 17.1. The van der Waals surface area contributed by atoms with E-state index in [2.05, 4.69) is 39.0 Å². The molecule has 0 saturated heterocycles. The fraction of sp³-hybridized carbons (Fsp3) is 0.812. The molecular formula is C16H32N2O3Si. The maximum absolute atomic E-state index is 9.89. The monoisotopic (exact) mass is 328 g/mol. The van der Waals surface area contributed by atoms with Crippen molar-refractivity contribution in [3.63, 3.8) is 0 Å². The van der Waals surface area contributed by atoms with Crippen molar-refractivity contribution in [3.05, 3.63) is 11.8 Å². The topological polar surface area (TPSA) is 56.5 Å². The normalized spacial score (nSPS) is 14.5. The summed E-state index contributed by atoms with van der Waals surface area (Å²) in [6, 6.07) is 1.80. The lowest BCUT2D eigenvalue weighted by Gasteiger charge is -2.36. The first kappa shape index (κ1) is 19.2. The molecule has 0 aliphatic rings. The van der Waals surface area contributed by atoms with E-state index in [1.807, 2.05) is 13.8 Å². The molecule has 0 radical (unpaired) electrons. The molecular weight excluding hydrogens is 296 g/mol. The van der Waals surface area contributed by atoms with E-state index < -0.39 is 14.4 Å². The molecule has 0 saturated carbocycles. The average Bonchev–Trinajstić information content (AvgIpc) is 2.69. The first-order valence-electron chi connectivity index (χ1n) is 8.00. The maximum atomic E-state index is 9.89. The van der Waals surface area contributed by atoms with Crippen molar-refractivity contribution in [2.75, 3.05) is 6.61 Å². The van der Waals surface area contributed by atoms with Gasteiger partial charge in [-0.25, -0.2) is 0 Å². The number of ether oxygens (including phenoxy) is 1. The third kappa shape index (κ3) is 5.10. The van der Waals surface area contributed by atoms with Crippen molar-refractivity contribution >= 4 is 8.32 Å². The van der Waals surface area contributed by atoms with Gasteiger partial charge < -0.3 is 14.3 Å². The molecule has 0 bridgehead atoms. The first-order chi connectivity index (χ1) is 9.94. The van der Waals surface area contributed by atoms with E-state index in [1.54, 1.807) is 17.7 Å². The van der Waals surface area contributed by atoms with Gasteiger partial charge in [-0.15, -0.1) is 5.10 Å². The highest BCUT2D eigenvalue weighted by atomic mass is 28.4. The average molecular weight is 329 g/mol. The lowest BCUT2D eigenvalue weighted by molar-refractivity contribution is 0.182. The minimum atomic E-state index is -1.76. The number of aliphatic hydroxyl groups excluding tert-OH is 1. The van der Waals surface area contributed by atoms with Crippen LogP contribution in [0.25, 0.3) is 0 Å². The smallest absolute Gasteiger partial charge is 0.233 e. The van der Waals surface area contributed by atoms with Crippen LogP contribution < -0.4 is 4.74 Å². The molecule has 0 spiro atoms. The number of aromatic nitrogens is 2. The number of nitrogens with zero attached hydrogens (tertiary/aromatic N) is 2. The summed E-state index contributed by atoms with van der Waals surface area (Å²) in [7, 11) is -1.76. The van der Waals surface area contributed by atoms with Crippen molar-refractivity contribution in [3.8, 4) is 5.88 Å². The van der Waals surface area contributed by atoms with E-state index in [4.69, 9.17) is 9.16 Å². The van der Waals surface area contributed by atoms with Crippen LogP contribution >= 0.6 is 0 Å². The predicted octanol–water partition coefficient (Wildman–Crippen LogP) is 3.75. The Morgan fingerprint density at radius 1 is 1.27 bits per heavy atom. The number of aliphatic hydroxyl groups is 1. The highest BCUT2D eigenvalue weighted by Crippen LogP contribution is 2.36. The number of hydrogen-bond donors (Lipinski definition) is 1. The van der Waals surface area contributed by atoms with Gasteiger partial charge in [0.1, 0.15) is 0 Å². The second-order valence-electron chi connectivity index (χ2n) is 7.58. The molecule has 1 aromatic heterocycles. The summed E-state index contributed by atoms with van der Waals surface area (Å²) in [5, 5.41) is 14.5. The molecule has 6 heteroatoms. The predicted molar refractivity (Wildman–Crippen MR) is 91.8 cm³/mol. The number of hydrogen-bond acceptors (Lipinski definition) is 4. The molecule has 5 nitrogen and oxygen atoms in total. The summed E-state index contributed by atoms with van der Waals surface area (Å²) in [6.07, 6.45) is -0.515. The molecule has 1 atom stereocenters. The maximum Gasteiger partial charge on any atom is 0.233 e. The van der Waals surface area contributed by atoms with Gasteiger partial charge in [0.2, 0.25) is 5.88 Å². The highest BCUT2D eigenvalue weighted by Gasteiger charge is 2.36. The fourth-order valence-corrected chi connectivity index (χ4v) is 2.86. The molecule has 0 aromatic carbocycles. The minimum Gasteiger partial charge on any atom is -0.474 e. The number of rotatable bonds is 7. The van der Waals surface area contributed by atoms with Crippen LogP contribution in [0.3, 0.4) is 0 Å². The van der Waals surface area contributed by atoms with Crippen molar-refractivity contribution in [1.82, 2.24) is 9.78 Å². The van der Waals surface area contributed by atoms with Crippen LogP contribution in [0.1, 0.15) is 53.3 Å². The van der Waals surface area contributed by atoms with Gasteiger partial charge in [0.05, 0.1) is 31.1 Å². The first-order valence-corrected chi connectivity index (χ1v) is 10.9. The standard InChI is InChI=1S/C16H32N2O3Si/c1-12(2)21-15-11-14(13(3)19)18(17-15)9-10-20-22(7,8)16(4,5)6/h11-13,19H,9-10H2,1-8H3. The molecule has 1 rings (SSSR count). The van der Waals surface area contributed by atoms with Gasteiger partial charge in [0.15, 0.2) is 8.32 Å². The summed E-state index contributed by atoms with van der Waals surface area (Å²) >= 11 is 0. The van der Waals surface area contributed by atoms with Gasteiger partial charge in [0.25, 0.3) is 0 Å². The Hall–Kier alpha value is -0.853. The zero-order valence-corrected chi connectivity index (χ0v) is 16.3. The molecule has 0 fully saturated rings. The van der Waals surface area contributed by atoms with E-state index >= 15 is 0 Å². The van der Waals surface area contributed by atoms with Crippen molar-refractivity contribution in [1.29, 1.82) is 0 Å². The van der Waals surface area contributed by atoms with Crippen LogP contribution in [0.15, 0.2) is 6.07 Å². The Balaban J connectivity index is 2.74. The summed E-state index contributed by atoms with van der Waals surface area (Å²) in [5.74, 6) is 0.554. The van der Waals surface area contributed by atoms with E-state index in [0.717, 1.165) is 5.69 Å².